The topological polar surface area (TPSA) is 64.6 Å². The number of halogens is 2. The molecule has 0 fully saturated rings. The normalized spacial score (nSPS) is 11.5. The molecule has 25 heavy (non-hydrogen) atoms. The van der Waals surface area contributed by atoms with E-state index in [4.69, 9.17) is 27.9 Å². The first kappa shape index (κ1) is 19.1. The summed E-state index contributed by atoms with van der Waals surface area (Å²) in [6, 6.07) is 11.4. The number of esters is 1. The summed E-state index contributed by atoms with van der Waals surface area (Å²) in [5.41, 5.74) is 0.582. The average Bonchev–Trinajstić information content (AvgIpc) is 2.62. The van der Waals surface area contributed by atoms with Crippen LogP contribution in [0, 0.1) is 0 Å². The molecule has 7 heteroatoms. The molecular weight excluding hydrogens is 365 g/mol. The fourth-order valence-electron chi connectivity index (χ4n) is 2.09. The van der Waals surface area contributed by atoms with Gasteiger partial charge in [-0.3, -0.25) is 4.79 Å². The van der Waals surface area contributed by atoms with Crippen LogP contribution in [0.3, 0.4) is 0 Å². The number of rotatable bonds is 6. The Labute approximate surface area is 155 Å². The van der Waals surface area contributed by atoms with E-state index >= 15 is 0 Å². The molecule has 0 aliphatic carbocycles. The number of carbonyl (C=O) groups excluding carboxylic acids is 2. The molecule has 1 N–H and O–H groups in total. The predicted octanol–water partition coefficient (Wildman–Crippen LogP) is 4.58. The van der Waals surface area contributed by atoms with Crippen molar-refractivity contribution in [3.8, 4) is 5.75 Å². The number of carbonyl (C=O) groups is 2. The van der Waals surface area contributed by atoms with Gasteiger partial charge in [-0.25, -0.2) is 4.79 Å². The van der Waals surface area contributed by atoms with Gasteiger partial charge in [0.2, 0.25) is 0 Å². The highest BCUT2D eigenvalue weighted by molar-refractivity contribution is 6.34. The Balaban J connectivity index is 2.17. The second kappa shape index (κ2) is 8.74. The summed E-state index contributed by atoms with van der Waals surface area (Å²) in [6.07, 6.45) is -0.344. The highest BCUT2D eigenvalue weighted by Crippen LogP contribution is 2.27. The standard InChI is InChI=1S/C18H17Cl2NO4/c1-3-15(25-16-7-5-4-6-13(16)20)17(22)21-14-10-11(18(23)24-2)8-9-12(14)19/h4-10,15H,3H2,1-2H3,(H,21,22)/t15-/m1/s1. The molecule has 0 aliphatic heterocycles. The number of para-hydroxylation sites is 1. The van der Waals surface area contributed by atoms with Crippen molar-refractivity contribution in [3.05, 3.63) is 58.1 Å². The van der Waals surface area contributed by atoms with Crippen molar-refractivity contribution in [1.29, 1.82) is 0 Å². The molecular formula is C18H17Cl2NO4. The van der Waals surface area contributed by atoms with E-state index in [-0.39, 0.29) is 5.56 Å². The van der Waals surface area contributed by atoms with Crippen LogP contribution < -0.4 is 10.1 Å². The predicted molar refractivity (Wildman–Crippen MR) is 97.6 cm³/mol. The van der Waals surface area contributed by atoms with Gasteiger partial charge >= 0.3 is 5.97 Å². The summed E-state index contributed by atoms with van der Waals surface area (Å²) < 4.78 is 10.4. The number of benzene rings is 2. The number of ether oxygens (including phenoxy) is 2. The first-order valence-electron chi connectivity index (χ1n) is 7.56. The maximum absolute atomic E-state index is 12.5. The molecule has 2 aromatic rings. The molecule has 0 unspecified atom stereocenters. The van der Waals surface area contributed by atoms with Gasteiger partial charge in [0.15, 0.2) is 6.10 Å². The minimum atomic E-state index is -0.766. The molecule has 0 bridgehead atoms. The summed E-state index contributed by atoms with van der Waals surface area (Å²) >= 11 is 12.2. The minimum Gasteiger partial charge on any atom is -0.479 e. The molecule has 5 nitrogen and oxygen atoms in total. The Kier molecular flexibility index (Phi) is 6.67. The van der Waals surface area contributed by atoms with E-state index in [1.54, 1.807) is 24.3 Å². The fourth-order valence-corrected chi connectivity index (χ4v) is 2.44. The molecule has 0 saturated heterocycles. The zero-order chi connectivity index (χ0) is 18.4. The average molecular weight is 382 g/mol. The van der Waals surface area contributed by atoms with Crippen LogP contribution in [0.1, 0.15) is 23.7 Å². The summed E-state index contributed by atoms with van der Waals surface area (Å²) in [6.45, 7) is 1.81. The number of hydrogen-bond donors (Lipinski definition) is 1. The molecule has 0 heterocycles. The summed E-state index contributed by atoms with van der Waals surface area (Å²) in [7, 11) is 1.28. The van der Waals surface area contributed by atoms with Crippen molar-refractivity contribution in [2.45, 2.75) is 19.4 Å². The van der Waals surface area contributed by atoms with Crippen LogP contribution in [0.15, 0.2) is 42.5 Å². The van der Waals surface area contributed by atoms with Crippen molar-refractivity contribution in [2.75, 3.05) is 12.4 Å². The van der Waals surface area contributed by atoms with Crippen molar-refractivity contribution >= 4 is 40.8 Å². The quantitative estimate of drug-likeness (QED) is 0.743. The first-order valence-corrected chi connectivity index (χ1v) is 8.31. The molecule has 1 amide bonds. The Morgan fingerprint density at radius 2 is 1.84 bits per heavy atom. The third-order valence-electron chi connectivity index (χ3n) is 3.41. The first-order chi connectivity index (χ1) is 12.0. The fraction of sp³-hybridized carbons (Fsp3) is 0.222. The number of amides is 1. The molecule has 0 aliphatic rings. The summed E-state index contributed by atoms with van der Waals surface area (Å²) in [4.78, 5) is 24.1. The van der Waals surface area contributed by atoms with Crippen LogP contribution >= 0.6 is 23.2 Å². The van der Waals surface area contributed by atoms with Gasteiger partial charge in [0, 0.05) is 0 Å². The lowest BCUT2D eigenvalue weighted by Gasteiger charge is -2.18. The largest absolute Gasteiger partial charge is 0.479 e. The second-order valence-electron chi connectivity index (χ2n) is 5.12. The lowest BCUT2D eigenvalue weighted by molar-refractivity contribution is -0.122. The van der Waals surface area contributed by atoms with Gasteiger partial charge in [0.25, 0.3) is 5.91 Å². The van der Waals surface area contributed by atoms with E-state index in [2.05, 4.69) is 10.1 Å². The van der Waals surface area contributed by atoms with Gasteiger partial charge in [-0.1, -0.05) is 42.3 Å². The molecule has 0 radical (unpaired) electrons. The Morgan fingerprint density at radius 1 is 1.12 bits per heavy atom. The summed E-state index contributed by atoms with van der Waals surface area (Å²) in [5.74, 6) is -0.501. The zero-order valence-electron chi connectivity index (χ0n) is 13.7. The van der Waals surface area contributed by atoms with Crippen molar-refractivity contribution < 1.29 is 19.1 Å². The highest BCUT2D eigenvalue weighted by atomic mass is 35.5. The summed E-state index contributed by atoms with van der Waals surface area (Å²) in [5, 5.41) is 3.39. The number of nitrogens with one attached hydrogen (secondary N) is 1. The van der Waals surface area contributed by atoms with Gasteiger partial charge in [-0.2, -0.15) is 0 Å². The Morgan fingerprint density at radius 3 is 2.48 bits per heavy atom. The van der Waals surface area contributed by atoms with Crippen LogP contribution in [-0.4, -0.2) is 25.1 Å². The number of hydrogen-bond acceptors (Lipinski definition) is 4. The second-order valence-corrected chi connectivity index (χ2v) is 5.94. The molecule has 0 saturated carbocycles. The van der Waals surface area contributed by atoms with E-state index in [1.165, 1.54) is 25.3 Å². The van der Waals surface area contributed by atoms with E-state index in [1.807, 2.05) is 6.92 Å². The van der Waals surface area contributed by atoms with Crippen molar-refractivity contribution in [3.63, 3.8) is 0 Å². The van der Waals surface area contributed by atoms with Gasteiger partial charge < -0.3 is 14.8 Å². The minimum absolute atomic E-state index is 0.280. The Hall–Kier alpha value is -2.24. The monoisotopic (exact) mass is 381 g/mol. The SMILES string of the molecule is CC[C@@H](Oc1ccccc1Cl)C(=O)Nc1cc(C(=O)OC)ccc1Cl. The van der Waals surface area contributed by atoms with Crippen LogP contribution in [0.5, 0.6) is 5.75 Å². The molecule has 2 rings (SSSR count). The van der Waals surface area contributed by atoms with Crippen molar-refractivity contribution in [2.24, 2.45) is 0 Å². The molecule has 0 spiro atoms. The van der Waals surface area contributed by atoms with Gasteiger partial charge in [-0.15, -0.1) is 0 Å². The lowest BCUT2D eigenvalue weighted by atomic mass is 10.2. The van der Waals surface area contributed by atoms with Gasteiger partial charge in [0.1, 0.15) is 5.75 Å². The van der Waals surface area contributed by atoms with E-state index in [0.29, 0.717) is 27.9 Å². The van der Waals surface area contributed by atoms with E-state index < -0.39 is 18.0 Å². The molecule has 1 atom stereocenters. The molecule has 132 valence electrons. The van der Waals surface area contributed by atoms with Crippen LogP contribution in [-0.2, 0) is 9.53 Å². The highest BCUT2D eigenvalue weighted by Gasteiger charge is 2.21. The van der Waals surface area contributed by atoms with Gasteiger partial charge in [0.05, 0.1) is 28.4 Å². The number of anilines is 1. The van der Waals surface area contributed by atoms with Crippen LogP contribution in [0.2, 0.25) is 10.0 Å². The lowest BCUT2D eigenvalue weighted by Crippen LogP contribution is -2.32. The zero-order valence-corrected chi connectivity index (χ0v) is 15.2. The van der Waals surface area contributed by atoms with Crippen LogP contribution in [0.25, 0.3) is 0 Å². The van der Waals surface area contributed by atoms with Crippen molar-refractivity contribution in [1.82, 2.24) is 0 Å². The molecule has 2 aromatic carbocycles. The maximum Gasteiger partial charge on any atom is 0.337 e. The molecule has 0 aromatic heterocycles. The van der Waals surface area contributed by atoms with E-state index in [0.717, 1.165) is 0 Å². The third kappa shape index (κ3) is 4.87. The van der Waals surface area contributed by atoms with Crippen LogP contribution in [0.4, 0.5) is 5.69 Å². The van der Waals surface area contributed by atoms with E-state index in [9.17, 15) is 9.59 Å². The van der Waals surface area contributed by atoms with Gasteiger partial charge in [-0.05, 0) is 36.8 Å². The third-order valence-corrected chi connectivity index (χ3v) is 4.06. The maximum atomic E-state index is 12.5. The smallest absolute Gasteiger partial charge is 0.337 e. The Bertz CT molecular complexity index is 779. The number of methoxy groups -OCH3 is 1.